The molecule has 0 saturated carbocycles. The summed E-state index contributed by atoms with van der Waals surface area (Å²) in [5, 5.41) is 3.66. The molecule has 15 heavy (non-hydrogen) atoms. The third kappa shape index (κ3) is 3.25. The fourth-order valence-electron chi connectivity index (χ4n) is 1.96. The predicted octanol–water partition coefficient (Wildman–Crippen LogP) is 2.98. The van der Waals surface area contributed by atoms with Gasteiger partial charge in [0.2, 0.25) is 0 Å². The van der Waals surface area contributed by atoms with Crippen molar-refractivity contribution in [2.75, 3.05) is 11.5 Å². The van der Waals surface area contributed by atoms with Gasteiger partial charge < -0.3 is 5.32 Å². The van der Waals surface area contributed by atoms with Crippen molar-refractivity contribution in [1.82, 2.24) is 5.32 Å². The van der Waals surface area contributed by atoms with Gasteiger partial charge in [-0.1, -0.05) is 24.3 Å². The van der Waals surface area contributed by atoms with Gasteiger partial charge in [0.15, 0.2) is 0 Å². The van der Waals surface area contributed by atoms with Crippen LogP contribution in [-0.2, 0) is 6.54 Å². The largest absolute Gasteiger partial charge is 0.309 e. The van der Waals surface area contributed by atoms with Crippen LogP contribution in [0.4, 0.5) is 0 Å². The topological polar surface area (TPSA) is 12.0 Å². The molecule has 0 aromatic heterocycles. The molecule has 1 aliphatic heterocycles. The molecule has 1 fully saturated rings. The lowest BCUT2D eigenvalue weighted by atomic mass is 10.1. The molecular formula is C13H19NS. The van der Waals surface area contributed by atoms with Crippen LogP contribution in [0.5, 0.6) is 0 Å². The van der Waals surface area contributed by atoms with Crippen molar-refractivity contribution in [3.8, 4) is 0 Å². The van der Waals surface area contributed by atoms with Crippen LogP contribution >= 0.6 is 11.8 Å². The van der Waals surface area contributed by atoms with E-state index in [4.69, 9.17) is 0 Å². The van der Waals surface area contributed by atoms with E-state index in [2.05, 4.69) is 48.3 Å². The maximum absolute atomic E-state index is 3.66. The Balaban J connectivity index is 1.84. The lowest BCUT2D eigenvalue weighted by Crippen LogP contribution is -2.33. The standard InChI is InChI=1S/C13H19NS/c1-11-5-2-3-6-12(11)9-14-13-7-4-8-15-10-13/h2-3,5-6,13-14H,4,7-10H2,1H3. The summed E-state index contributed by atoms with van der Waals surface area (Å²) in [5.74, 6) is 2.63. The molecule has 0 spiro atoms. The molecule has 1 nitrogen and oxygen atoms in total. The van der Waals surface area contributed by atoms with Gasteiger partial charge in [-0.3, -0.25) is 0 Å². The first kappa shape index (κ1) is 11.0. The lowest BCUT2D eigenvalue weighted by Gasteiger charge is -2.22. The molecular weight excluding hydrogens is 202 g/mol. The van der Waals surface area contributed by atoms with Gasteiger partial charge in [-0.05, 0) is 36.6 Å². The van der Waals surface area contributed by atoms with Gasteiger partial charge in [-0.2, -0.15) is 11.8 Å². The van der Waals surface area contributed by atoms with E-state index in [0.717, 1.165) is 12.6 Å². The normalized spacial score (nSPS) is 21.5. The summed E-state index contributed by atoms with van der Waals surface area (Å²) >= 11 is 2.08. The lowest BCUT2D eigenvalue weighted by molar-refractivity contribution is 0.507. The Kier molecular flexibility index (Phi) is 4.09. The Bertz CT molecular complexity index is 305. The van der Waals surface area contributed by atoms with E-state index in [1.807, 2.05) is 0 Å². The van der Waals surface area contributed by atoms with Crippen LogP contribution in [0.2, 0.25) is 0 Å². The zero-order chi connectivity index (χ0) is 10.5. The minimum Gasteiger partial charge on any atom is -0.309 e. The fourth-order valence-corrected chi connectivity index (χ4v) is 3.07. The Hall–Kier alpha value is -0.470. The van der Waals surface area contributed by atoms with E-state index in [1.54, 1.807) is 0 Å². The molecule has 1 heterocycles. The average Bonchev–Trinajstić information content (AvgIpc) is 2.29. The SMILES string of the molecule is Cc1ccccc1CNC1CCCSC1. The molecule has 0 radical (unpaired) electrons. The van der Waals surface area contributed by atoms with Gasteiger partial charge in [-0.15, -0.1) is 0 Å². The Morgan fingerprint density at radius 1 is 1.40 bits per heavy atom. The van der Waals surface area contributed by atoms with E-state index < -0.39 is 0 Å². The number of hydrogen-bond donors (Lipinski definition) is 1. The van der Waals surface area contributed by atoms with Crippen molar-refractivity contribution in [3.63, 3.8) is 0 Å². The summed E-state index contributed by atoms with van der Waals surface area (Å²) in [6.07, 6.45) is 2.72. The molecule has 2 heteroatoms. The molecule has 82 valence electrons. The quantitative estimate of drug-likeness (QED) is 0.842. The minimum absolute atomic E-state index is 0.725. The van der Waals surface area contributed by atoms with Crippen molar-refractivity contribution in [1.29, 1.82) is 0 Å². The Morgan fingerprint density at radius 2 is 2.27 bits per heavy atom. The summed E-state index contributed by atoms with van der Waals surface area (Å²) in [4.78, 5) is 0. The van der Waals surface area contributed by atoms with Crippen LogP contribution in [0.25, 0.3) is 0 Å². The van der Waals surface area contributed by atoms with Crippen LogP contribution < -0.4 is 5.32 Å². The summed E-state index contributed by atoms with van der Waals surface area (Å²) in [6.45, 7) is 3.21. The second kappa shape index (κ2) is 5.57. The predicted molar refractivity (Wildman–Crippen MR) is 68.4 cm³/mol. The van der Waals surface area contributed by atoms with Gasteiger partial charge in [0.05, 0.1) is 0 Å². The third-order valence-corrected chi connectivity index (χ3v) is 4.22. The molecule has 2 rings (SSSR count). The molecule has 1 aliphatic rings. The first-order valence-corrected chi connectivity index (χ1v) is 6.87. The summed E-state index contributed by atoms with van der Waals surface area (Å²) < 4.78 is 0. The molecule has 0 amide bonds. The molecule has 1 aromatic carbocycles. The van der Waals surface area contributed by atoms with E-state index in [1.165, 1.54) is 35.5 Å². The van der Waals surface area contributed by atoms with Crippen molar-refractivity contribution < 1.29 is 0 Å². The fraction of sp³-hybridized carbons (Fsp3) is 0.538. The minimum atomic E-state index is 0.725. The van der Waals surface area contributed by atoms with Crippen molar-refractivity contribution in [2.45, 2.75) is 32.4 Å². The number of benzene rings is 1. The second-order valence-electron chi connectivity index (χ2n) is 4.22. The number of nitrogens with one attached hydrogen (secondary N) is 1. The smallest absolute Gasteiger partial charge is 0.0211 e. The van der Waals surface area contributed by atoms with Gasteiger partial charge in [0, 0.05) is 18.3 Å². The molecule has 1 saturated heterocycles. The highest BCUT2D eigenvalue weighted by Crippen LogP contribution is 2.17. The summed E-state index contributed by atoms with van der Waals surface area (Å²) in [7, 11) is 0. The van der Waals surface area contributed by atoms with Gasteiger partial charge in [-0.25, -0.2) is 0 Å². The number of aryl methyl sites for hydroxylation is 1. The van der Waals surface area contributed by atoms with Crippen LogP contribution in [0.15, 0.2) is 24.3 Å². The van der Waals surface area contributed by atoms with E-state index in [9.17, 15) is 0 Å². The third-order valence-electron chi connectivity index (χ3n) is 3.00. The second-order valence-corrected chi connectivity index (χ2v) is 5.37. The number of rotatable bonds is 3. The molecule has 0 bridgehead atoms. The van der Waals surface area contributed by atoms with E-state index >= 15 is 0 Å². The van der Waals surface area contributed by atoms with Crippen molar-refractivity contribution >= 4 is 11.8 Å². The maximum Gasteiger partial charge on any atom is 0.0211 e. The highest BCUT2D eigenvalue weighted by atomic mass is 32.2. The molecule has 1 N–H and O–H groups in total. The summed E-state index contributed by atoms with van der Waals surface area (Å²) in [5.41, 5.74) is 2.83. The molecule has 1 aromatic rings. The monoisotopic (exact) mass is 221 g/mol. The van der Waals surface area contributed by atoms with Crippen molar-refractivity contribution in [3.05, 3.63) is 35.4 Å². The number of thioether (sulfide) groups is 1. The molecule has 1 unspecified atom stereocenters. The van der Waals surface area contributed by atoms with Gasteiger partial charge >= 0.3 is 0 Å². The number of hydrogen-bond acceptors (Lipinski definition) is 2. The van der Waals surface area contributed by atoms with Crippen LogP contribution in [-0.4, -0.2) is 17.5 Å². The molecule has 0 aliphatic carbocycles. The molecule has 1 atom stereocenters. The van der Waals surface area contributed by atoms with Crippen LogP contribution in [0.3, 0.4) is 0 Å². The first-order valence-electron chi connectivity index (χ1n) is 5.72. The highest BCUT2D eigenvalue weighted by molar-refractivity contribution is 7.99. The highest BCUT2D eigenvalue weighted by Gasteiger charge is 2.12. The Morgan fingerprint density at radius 3 is 3.00 bits per heavy atom. The zero-order valence-corrected chi connectivity index (χ0v) is 10.1. The first-order chi connectivity index (χ1) is 7.36. The van der Waals surface area contributed by atoms with Crippen LogP contribution in [0, 0.1) is 6.92 Å². The van der Waals surface area contributed by atoms with Crippen LogP contribution in [0.1, 0.15) is 24.0 Å². The van der Waals surface area contributed by atoms with E-state index in [-0.39, 0.29) is 0 Å². The van der Waals surface area contributed by atoms with E-state index in [0.29, 0.717) is 0 Å². The maximum atomic E-state index is 3.66. The van der Waals surface area contributed by atoms with Crippen molar-refractivity contribution in [2.24, 2.45) is 0 Å². The average molecular weight is 221 g/mol. The van der Waals surface area contributed by atoms with Gasteiger partial charge in [0.1, 0.15) is 0 Å². The van der Waals surface area contributed by atoms with Gasteiger partial charge in [0.25, 0.3) is 0 Å². The zero-order valence-electron chi connectivity index (χ0n) is 9.33. The summed E-state index contributed by atoms with van der Waals surface area (Å²) in [6, 6.07) is 9.36. The Labute approximate surface area is 96.7 Å².